The number of halogens is 1. The molecule has 0 bridgehead atoms. The van der Waals surface area contributed by atoms with E-state index in [0.29, 0.717) is 24.2 Å². The summed E-state index contributed by atoms with van der Waals surface area (Å²) >= 11 is 0. The van der Waals surface area contributed by atoms with Gasteiger partial charge in [-0.05, 0) is 35.7 Å². The van der Waals surface area contributed by atoms with E-state index < -0.39 is 12.0 Å². The molecule has 1 saturated heterocycles. The monoisotopic (exact) mass is 343 g/mol. The minimum atomic E-state index is -0.897. The van der Waals surface area contributed by atoms with Crippen LogP contribution in [0.4, 0.5) is 4.39 Å². The first-order chi connectivity index (χ1) is 12.0. The van der Waals surface area contributed by atoms with E-state index in [1.54, 1.807) is 25.3 Å². The number of aliphatic carboxylic acids is 1. The first kappa shape index (κ1) is 17.5. The van der Waals surface area contributed by atoms with Crippen molar-refractivity contribution in [3.05, 3.63) is 65.2 Å². The number of aromatic nitrogens is 1. The zero-order chi connectivity index (χ0) is 17.8. The van der Waals surface area contributed by atoms with Crippen LogP contribution in [0.3, 0.4) is 0 Å². The summed E-state index contributed by atoms with van der Waals surface area (Å²) in [5.41, 5.74) is 2.26. The number of hydrogen-bond acceptors (Lipinski definition) is 4. The second-order valence-electron chi connectivity index (χ2n) is 6.42. The summed E-state index contributed by atoms with van der Waals surface area (Å²) in [4.78, 5) is 20.2. The SMILES string of the molecule is Cc1cc([C@H](C(=O)O)N2CCN(Cc3cccnc3)CC2)ccc1F. The van der Waals surface area contributed by atoms with Gasteiger partial charge in [-0.15, -0.1) is 0 Å². The highest BCUT2D eigenvalue weighted by Gasteiger charge is 2.30. The van der Waals surface area contributed by atoms with Crippen molar-refractivity contribution >= 4 is 5.97 Å². The van der Waals surface area contributed by atoms with Gasteiger partial charge in [0.25, 0.3) is 0 Å². The van der Waals surface area contributed by atoms with Crippen LogP contribution in [0.2, 0.25) is 0 Å². The Hall–Kier alpha value is -2.31. The Morgan fingerprint density at radius 2 is 2.04 bits per heavy atom. The summed E-state index contributed by atoms with van der Waals surface area (Å²) in [6, 6.07) is 7.78. The fourth-order valence-electron chi connectivity index (χ4n) is 3.28. The van der Waals surface area contributed by atoms with E-state index in [9.17, 15) is 14.3 Å². The van der Waals surface area contributed by atoms with Crippen LogP contribution in [0.15, 0.2) is 42.7 Å². The molecule has 1 atom stereocenters. The number of rotatable bonds is 5. The number of benzene rings is 1. The third kappa shape index (κ3) is 4.21. The minimum Gasteiger partial charge on any atom is -0.480 e. The lowest BCUT2D eigenvalue weighted by molar-refractivity contribution is -0.144. The van der Waals surface area contributed by atoms with Crippen LogP contribution in [-0.2, 0) is 11.3 Å². The Balaban J connectivity index is 1.66. The van der Waals surface area contributed by atoms with Crippen molar-refractivity contribution in [2.24, 2.45) is 0 Å². The summed E-state index contributed by atoms with van der Waals surface area (Å²) in [5, 5.41) is 9.68. The number of carboxylic acid groups (broad SMARTS) is 1. The van der Waals surface area contributed by atoms with E-state index in [0.717, 1.165) is 25.2 Å². The standard InChI is InChI=1S/C19H22FN3O2/c1-14-11-16(4-5-17(14)20)18(19(24)25)23-9-7-22(8-10-23)13-15-3-2-6-21-12-15/h2-6,11-12,18H,7-10,13H2,1H3,(H,24,25)/t18-/m1/s1. The minimum absolute atomic E-state index is 0.311. The molecule has 2 aromatic rings. The van der Waals surface area contributed by atoms with E-state index >= 15 is 0 Å². The lowest BCUT2D eigenvalue weighted by Gasteiger charge is -2.37. The molecule has 0 saturated carbocycles. The molecule has 0 spiro atoms. The van der Waals surface area contributed by atoms with Crippen LogP contribution in [0.1, 0.15) is 22.7 Å². The van der Waals surface area contributed by atoms with Crippen LogP contribution >= 0.6 is 0 Å². The van der Waals surface area contributed by atoms with Crippen molar-refractivity contribution in [3.8, 4) is 0 Å². The predicted octanol–water partition coefficient (Wildman–Crippen LogP) is 2.47. The second kappa shape index (κ2) is 7.72. The van der Waals surface area contributed by atoms with Crippen molar-refractivity contribution in [1.29, 1.82) is 0 Å². The molecule has 0 radical (unpaired) electrons. The molecular formula is C19H22FN3O2. The highest BCUT2D eigenvalue weighted by Crippen LogP contribution is 2.25. The molecule has 25 heavy (non-hydrogen) atoms. The third-order valence-electron chi connectivity index (χ3n) is 4.63. The average molecular weight is 343 g/mol. The zero-order valence-electron chi connectivity index (χ0n) is 14.2. The van der Waals surface area contributed by atoms with Crippen LogP contribution in [0, 0.1) is 12.7 Å². The van der Waals surface area contributed by atoms with Gasteiger partial charge in [0.1, 0.15) is 11.9 Å². The number of nitrogens with zero attached hydrogens (tertiary/aromatic N) is 3. The lowest BCUT2D eigenvalue weighted by atomic mass is 10.0. The van der Waals surface area contributed by atoms with Crippen LogP contribution in [-0.4, -0.2) is 52.0 Å². The lowest BCUT2D eigenvalue weighted by Crippen LogP contribution is -2.48. The molecule has 0 amide bonds. The van der Waals surface area contributed by atoms with E-state index in [1.807, 2.05) is 23.2 Å². The topological polar surface area (TPSA) is 56.7 Å². The fourth-order valence-corrected chi connectivity index (χ4v) is 3.28. The Morgan fingerprint density at radius 1 is 1.28 bits per heavy atom. The molecule has 1 N–H and O–H groups in total. The van der Waals surface area contributed by atoms with Crippen LogP contribution in [0.5, 0.6) is 0 Å². The summed E-state index contributed by atoms with van der Waals surface area (Å²) in [6.45, 7) is 5.37. The largest absolute Gasteiger partial charge is 0.480 e. The molecule has 132 valence electrons. The predicted molar refractivity (Wildman–Crippen MR) is 92.6 cm³/mol. The maximum atomic E-state index is 13.5. The fraction of sp³-hybridized carbons (Fsp3) is 0.368. The molecule has 3 rings (SSSR count). The Labute approximate surface area is 146 Å². The van der Waals surface area contributed by atoms with Crippen molar-refractivity contribution < 1.29 is 14.3 Å². The van der Waals surface area contributed by atoms with Crippen molar-refractivity contribution in [3.63, 3.8) is 0 Å². The maximum absolute atomic E-state index is 13.5. The molecular weight excluding hydrogens is 321 g/mol. The van der Waals surface area contributed by atoms with Crippen LogP contribution < -0.4 is 0 Å². The highest BCUT2D eigenvalue weighted by molar-refractivity contribution is 5.75. The van der Waals surface area contributed by atoms with Gasteiger partial charge in [0.05, 0.1) is 0 Å². The first-order valence-electron chi connectivity index (χ1n) is 8.39. The highest BCUT2D eigenvalue weighted by atomic mass is 19.1. The van der Waals surface area contributed by atoms with Gasteiger partial charge in [0.15, 0.2) is 0 Å². The van der Waals surface area contributed by atoms with Gasteiger partial charge in [0.2, 0.25) is 0 Å². The number of carbonyl (C=O) groups is 1. The van der Waals surface area contributed by atoms with E-state index in [-0.39, 0.29) is 5.82 Å². The molecule has 1 aromatic heterocycles. The maximum Gasteiger partial charge on any atom is 0.325 e. The molecule has 5 nitrogen and oxygen atoms in total. The Morgan fingerprint density at radius 3 is 2.64 bits per heavy atom. The normalized spacial score (nSPS) is 17.4. The first-order valence-corrected chi connectivity index (χ1v) is 8.39. The van der Waals surface area contributed by atoms with Gasteiger partial charge in [-0.1, -0.05) is 18.2 Å². The molecule has 1 aromatic carbocycles. The number of hydrogen-bond donors (Lipinski definition) is 1. The second-order valence-corrected chi connectivity index (χ2v) is 6.42. The molecule has 0 unspecified atom stereocenters. The van der Waals surface area contributed by atoms with Gasteiger partial charge in [-0.3, -0.25) is 19.6 Å². The summed E-state index contributed by atoms with van der Waals surface area (Å²) in [5.74, 6) is -1.21. The quantitative estimate of drug-likeness (QED) is 0.904. The zero-order valence-corrected chi connectivity index (χ0v) is 14.2. The van der Waals surface area contributed by atoms with Crippen molar-refractivity contribution in [2.75, 3.05) is 26.2 Å². The van der Waals surface area contributed by atoms with Gasteiger partial charge in [-0.25, -0.2) is 4.39 Å². The average Bonchev–Trinajstić information content (AvgIpc) is 2.60. The molecule has 1 aliphatic heterocycles. The number of piperazine rings is 1. The summed E-state index contributed by atoms with van der Waals surface area (Å²) in [7, 11) is 0. The molecule has 1 fully saturated rings. The summed E-state index contributed by atoms with van der Waals surface area (Å²) < 4.78 is 13.5. The van der Waals surface area contributed by atoms with Crippen molar-refractivity contribution in [2.45, 2.75) is 19.5 Å². The van der Waals surface area contributed by atoms with E-state index in [4.69, 9.17) is 0 Å². The van der Waals surface area contributed by atoms with Gasteiger partial charge >= 0.3 is 5.97 Å². The van der Waals surface area contributed by atoms with Crippen molar-refractivity contribution in [1.82, 2.24) is 14.8 Å². The molecule has 2 heterocycles. The van der Waals surface area contributed by atoms with Gasteiger partial charge < -0.3 is 5.11 Å². The smallest absolute Gasteiger partial charge is 0.325 e. The van der Waals surface area contributed by atoms with Crippen LogP contribution in [0.25, 0.3) is 0 Å². The van der Waals surface area contributed by atoms with Gasteiger partial charge in [-0.2, -0.15) is 0 Å². The Kier molecular flexibility index (Phi) is 5.40. The number of pyridine rings is 1. The molecule has 6 heteroatoms. The third-order valence-corrected chi connectivity index (χ3v) is 4.63. The summed E-state index contributed by atoms with van der Waals surface area (Å²) in [6.07, 6.45) is 3.61. The van der Waals surface area contributed by atoms with E-state index in [1.165, 1.54) is 6.07 Å². The molecule has 0 aliphatic carbocycles. The molecule has 1 aliphatic rings. The Bertz CT molecular complexity index is 731. The van der Waals surface area contributed by atoms with Gasteiger partial charge in [0, 0.05) is 45.1 Å². The van der Waals surface area contributed by atoms with E-state index in [2.05, 4.69) is 9.88 Å². The number of carboxylic acids is 1. The number of aryl methyl sites for hydroxylation is 1.